The zero-order valence-corrected chi connectivity index (χ0v) is 12.9. The molecule has 0 spiro atoms. The lowest BCUT2D eigenvalue weighted by Gasteiger charge is -2.07. The standard InChI is InChI=1S/C15H10BrClN2O/c1-9-2-3-10(6-13(9)16)15(20)19-12-5-4-11(8-18)14(17)7-12/h2-7H,1H3,(H,19,20). The zero-order valence-electron chi connectivity index (χ0n) is 10.6. The molecule has 100 valence electrons. The molecule has 2 aromatic rings. The monoisotopic (exact) mass is 348 g/mol. The van der Waals surface area contributed by atoms with Crippen LogP contribution in [0, 0.1) is 18.3 Å². The summed E-state index contributed by atoms with van der Waals surface area (Å²) in [5.41, 5.74) is 2.53. The Labute approximate surface area is 130 Å². The number of carbonyl (C=O) groups excluding carboxylic acids is 1. The van der Waals surface area contributed by atoms with Crippen LogP contribution < -0.4 is 5.32 Å². The highest BCUT2D eigenvalue weighted by atomic mass is 79.9. The minimum Gasteiger partial charge on any atom is -0.322 e. The average Bonchev–Trinajstić information content (AvgIpc) is 2.42. The Morgan fingerprint density at radius 2 is 2.05 bits per heavy atom. The van der Waals surface area contributed by atoms with Crippen LogP contribution in [-0.2, 0) is 0 Å². The van der Waals surface area contributed by atoms with Crippen molar-refractivity contribution in [2.45, 2.75) is 6.92 Å². The molecule has 0 aliphatic heterocycles. The topological polar surface area (TPSA) is 52.9 Å². The molecule has 0 unspecified atom stereocenters. The van der Waals surface area contributed by atoms with Gasteiger partial charge in [-0.1, -0.05) is 33.6 Å². The summed E-state index contributed by atoms with van der Waals surface area (Å²) in [5, 5.41) is 11.9. The maximum atomic E-state index is 12.1. The average molecular weight is 350 g/mol. The van der Waals surface area contributed by atoms with Gasteiger partial charge in [-0.25, -0.2) is 0 Å². The molecule has 1 amide bonds. The summed E-state index contributed by atoms with van der Waals surface area (Å²) in [6.07, 6.45) is 0. The summed E-state index contributed by atoms with van der Waals surface area (Å²) in [7, 11) is 0. The third-order valence-corrected chi connectivity index (χ3v) is 3.95. The number of carbonyl (C=O) groups is 1. The molecule has 0 fully saturated rings. The first-order valence-corrected chi connectivity index (χ1v) is 6.95. The second-order valence-corrected chi connectivity index (χ2v) is 5.49. The number of nitrogens with zero attached hydrogens (tertiary/aromatic N) is 1. The quantitative estimate of drug-likeness (QED) is 0.865. The lowest BCUT2D eigenvalue weighted by atomic mass is 10.1. The van der Waals surface area contributed by atoms with E-state index in [1.54, 1.807) is 30.3 Å². The van der Waals surface area contributed by atoms with Crippen molar-refractivity contribution < 1.29 is 4.79 Å². The molecule has 5 heteroatoms. The number of anilines is 1. The highest BCUT2D eigenvalue weighted by molar-refractivity contribution is 9.10. The van der Waals surface area contributed by atoms with Crippen molar-refractivity contribution in [2.24, 2.45) is 0 Å². The summed E-state index contributed by atoms with van der Waals surface area (Å²) < 4.78 is 0.878. The van der Waals surface area contributed by atoms with Crippen LogP contribution in [0.1, 0.15) is 21.5 Å². The van der Waals surface area contributed by atoms with Crippen LogP contribution in [0.25, 0.3) is 0 Å². The number of hydrogen-bond acceptors (Lipinski definition) is 2. The molecular weight excluding hydrogens is 340 g/mol. The maximum Gasteiger partial charge on any atom is 0.255 e. The van der Waals surface area contributed by atoms with Crippen molar-refractivity contribution in [2.75, 3.05) is 5.32 Å². The van der Waals surface area contributed by atoms with Crippen LogP contribution in [0.4, 0.5) is 5.69 Å². The highest BCUT2D eigenvalue weighted by Gasteiger charge is 2.09. The van der Waals surface area contributed by atoms with Crippen LogP contribution in [0.15, 0.2) is 40.9 Å². The molecule has 1 N–H and O–H groups in total. The molecule has 0 saturated carbocycles. The number of hydrogen-bond donors (Lipinski definition) is 1. The summed E-state index contributed by atoms with van der Waals surface area (Å²) in [5.74, 6) is -0.230. The number of benzene rings is 2. The van der Waals surface area contributed by atoms with Crippen LogP contribution >= 0.6 is 27.5 Å². The molecule has 0 atom stereocenters. The Hall–Kier alpha value is -1.83. The number of nitriles is 1. The van der Waals surface area contributed by atoms with Gasteiger partial charge in [0.2, 0.25) is 0 Å². The summed E-state index contributed by atoms with van der Waals surface area (Å²) in [6, 6.07) is 12.1. The van der Waals surface area contributed by atoms with Crippen molar-refractivity contribution in [1.29, 1.82) is 5.26 Å². The van der Waals surface area contributed by atoms with E-state index < -0.39 is 0 Å². The van der Waals surface area contributed by atoms with Gasteiger partial charge in [-0.05, 0) is 42.8 Å². The lowest BCUT2D eigenvalue weighted by Crippen LogP contribution is -2.12. The van der Waals surface area contributed by atoms with E-state index in [1.165, 1.54) is 0 Å². The van der Waals surface area contributed by atoms with Crippen molar-refractivity contribution in [3.8, 4) is 6.07 Å². The fourth-order valence-electron chi connectivity index (χ4n) is 1.62. The van der Waals surface area contributed by atoms with E-state index in [0.29, 0.717) is 21.8 Å². The molecular formula is C15H10BrClN2O. The molecule has 0 heterocycles. The summed E-state index contributed by atoms with van der Waals surface area (Å²) >= 11 is 9.32. The maximum absolute atomic E-state index is 12.1. The Kier molecular flexibility index (Phi) is 4.43. The Morgan fingerprint density at radius 3 is 2.65 bits per heavy atom. The molecule has 20 heavy (non-hydrogen) atoms. The summed E-state index contributed by atoms with van der Waals surface area (Å²) in [4.78, 5) is 12.1. The number of amides is 1. The third kappa shape index (κ3) is 3.19. The van der Waals surface area contributed by atoms with E-state index in [-0.39, 0.29) is 5.91 Å². The molecule has 2 rings (SSSR count). The third-order valence-electron chi connectivity index (χ3n) is 2.78. The van der Waals surface area contributed by atoms with Gasteiger partial charge in [-0.2, -0.15) is 5.26 Å². The van der Waals surface area contributed by atoms with Crippen LogP contribution in [0.5, 0.6) is 0 Å². The molecule has 0 radical (unpaired) electrons. The van der Waals surface area contributed by atoms with E-state index in [4.69, 9.17) is 16.9 Å². The molecule has 0 aliphatic carbocycles. The highest BCUT2D eigenvalue weighted by Crippen LogP contribution is 2.22. The van der Waals surface area contributed by atoms with Crippen molar-refractivity contribution >= 4 is 39.1 Å². The normalized spacial score (nSPS) is 9.90. The smallest absolute Gasteiger partial charge is 0.255 e. The minimum atomic E-state index is -0.230. The van der Waals surface area contributed by atoms with Crippen LogP contribution in [0.2, 0.25) is 5.02 Å². The number of halogens is 2. The predicted octanol–water partition coefficient (Wildman–Crippen LogP) is 4.53. The van der Waals surface area contributed by atoms with Crippen LogP contribution in [0.3, 0.4) is 0 Å². The van der Waals surface area contributed by atoms with E-state index in [0.717, 1.165) is 10.0 Å². The van der Waals surface area contributed by atoms with Gasteiger partial charge >= 0.3 is 0 Å². The van der Waals surface area contributed by atoms with Gasteiger partial charge in [0.05, 0.1) is 10.6 Å². The Bertz CT molecular complexity index is 722. The van der Waals surface area contributed by atoms with Gasteiger partial charge in [0.15, 0.2) is 0 Å². The van der Waals surface area contributed by atoms with Gasteiger partial charge in [-0.3, -0.25) is 4.79 Å². The number of rotatable bonds is 2. The van der Waals surface area contributed by atoms with Crippen molar-refractivity contribution in [3.63, 3.8) is 0 Å². The Morgan fingerprint density at radius 1 is 1.30 bits per heavy atom. The van der Waals surface area contributed by atoms with Gasteiger partial charge in [0.25, 0.3) is 5.91 Å². The predicted molar refractivity (Wildman–Crippen MR) is 83.0 cm³/mol. The van der Waals surface area contributed by atoms with E-state index >= 15 is 0 Å². The molecule has 0 aromatic heterocycles. The van der Waals surface area contributed by atoms with Crippen LogP contribution in [-0.4, -0.2) is 5.91 Å². The first-order valence-electron chi connectivity index (χ1n) is 5.78. The fourth-order valence-corrected chi connectivity index (χ4v) is 2.22. The molecule has 3 nitrogen and oxygen atoms in total. The van der Waals surface area contributed by atoms with Gasteiger partial charge < -0.3 is 5.32 Å². The number of aryl methyl sites for hydroxylation is 1. The molecule has 0 bridgehead atoms. The molecule has 2 aromatic carbocycles. The van der Waals surface area contributed by atoms with Gasteiger partial charge in [0.1, 0.15) is 6.07 Å². The fraction of sp³-hybridized carbons (Fsp3) is 0.0667. The van der Waals surface area contributed by atoms with Crippen molar-refractivity contribution in [3.05, 3.63) is 62.6 Å². The first-order chi connectivity index (χ1) is 9.51. The second kappa shape index (κ2) is 6.08. The van der Waals surface area contributed by atoms with E-state index in [2.05, 4.69) is 21.2 Å². The minimum absolute atomic E-state index is 0.230. The lowest BCUT2D eigenvalue weighted by molar-refractivity contribution is 0.102. The van der Waals surface area contributed by atoms with Gasteiger partial charge in [-0.15, -0.1) is 0 Å². The zero-order chi connectivity index (χ0) is 14.7. The van der Waals surface area contributed by atoms with Crippen molar-refractivity contribution in [1.82, 2.24) is 0 Å². The molecule has 0 saturated heterocycles. The largest absolute Gasteiger partial charge is 0.322 e. The van der Waals surface area contributed by atoms with E-state index in [1.807, 2.05) is 19.1 Å². The Balaban J connectivity index is 2.21. The SMILES string of the molecule is Cc1ccc(C(=O)Nc2ccc(C#N)c(Cl)c2)cc1Br. The number of nitrogens with one attached hydrogen (secondary N) is 1. The first kappa shape index (κ1) is 14.6. The summed E-state index contributed by atoms with van der Waals surface area (Å²) in [6.45, 7) is 1.95. The molecule has 0 aliphatic rings. The van der Waals surface area contributed by atoms with E-state index in [9.17, 15) is 4.79 Å². The van der Waals surface area contributed by atoms with Gasteiger partial charge in [0, 0.05) is 15.7 Å². The second-order valence-electron chi connectivity index (χ2n) is 4.22.